The summed E-state index contributed by atoms with van der Waals surface area (Å²) < 4.78 is 5.66. The van der Waals surface area contributed by atoms with Crippen molar-refractivity contribution >= 4 is 10.9 Å². The molecule has 0 unspecified atom stereocenters. The van der Waals surface area contributed by atoms with Crippen molar-refractivity contribution in [3.05, 3.63) is 36.5 Å². The number of hydrogen-bond donors (Lipinski definition) is 1. The van der Waals surface area contributed by atoms with E-state index < -0.39 is 0 Å². The summed E-state index contributed by atoms with van der Waals surface area (Å²) >= 11 is 0. The molecule has 0 aliphatic carbocycles. The molecule has 0 aliphatic heterocycles. The van der Waals surface area contributed by atoms with Crippen LogP contribution in [0.15, 0.2) is 36.5 Å². The van der Waals surface area contributed by atoms with Gasteiger partial charge in [-0.05, 0) is 31.2 Å². The van der Waals surface area contributed by atoms with Crippen LogP contribution in [0.25, 0.3) is 10.9 Å². The molecule has 1 aromatic carbocycles. The van der Waals surface area contributed by atoms with E-state index in [9.17, 15) is 0 Å². The van der Waals surface area contributed by atoms with Gasteiger partial charge in [-0.1, -0.05) is 13.0 Å². The van der Waals surface area contributed by atoms with Crippen molar-refractivity contribution in [1.82, 2.24) is 10.3 Å². The highest BCUT2D eigenvalue weighted by atomic mass is 16.5. The first-order valence-corrected chi connectivity index (χ1v) is 6.08. The van der Waals surface area contributed by atoms with E-state index in [4.69, 9.17) is 4.74 Å². The first-order chi connectivity index (χ1) is 8.40. The number of fused-ring (bicyclic) bond motifs is 1. The number of nitrogens with zero attached hydrogens (tertiary/aromatic N) is 1. The average Bonchev–Trinajstić information content (AvgIpc) is 2.38. The lowest BCUT2D eigenvalue weighted by Gasteiger charge is -2.07. The topological polar surface area (TPSA) is 34.1 Å². The lowest BCUT2D eigenvalue weighted by molar-refractivity contribution is 0.314. The molecule has 0 bridgehead atoms. The number of rotatable bonds is 6. The SMILES string of the molecule is CCCNCCOc1ccc2cccnc2c1. The van der Waals surface area contributed by atoms with Crippen LogP contribution in [0.1, 0.15) is 13.3 Å². The van der Waals surface area contributed by atoms with Gasteiger partial charge >= 0.3 is 0 Å². The maximum Gasteiger partial charge on any atom is 0.121 e. The summed E-state index contributed by atoms with van der Waals surface area (Å²) in [5.74, 6) is 0.884. The molecular weight excluding hydrogens is 212 g/mol. The highest BCUT2D eigenvalue weighted by molar-refractivity contribution is 5.79. The van der Waals surface area contributed by atoms with Gasteiger partial charge < -0.3 is 10.1 Å². The highest BCUT2D eigenvalue weighted by Crippen LogP contribution is 2.18. The Balaban J connectivity index is 1.90. The molecule has 2 aromatic rings. The lowest BCUT2D eigenvalue weighted by Crippen LogP contribution is -2.21. The lowest BCUT2D eigenvalue weighted by atomic mass is 10.2. The van der Waals surface area contributed by atoms with Crippen molar-refractivity contribution in [2.24, 2.45) is 0 Å². The van der Waals surface area contributed by atoms with Crippen LogP contribution in [-0.4, -0.2) is 24.7 Å². The number of nitrogens with one attached hydrogen (secondary N) is 1. The van der Waals surface area contributed by atoms with Crippen LogP contribution >= 0.6 is 0 Å². The largest absolute Gasteiger partial charge is 0.492 e. The van der Waals surface area contributed by atoms with Gasteiger partial charge in [0.25, 0.3) is 0 Å². The van der Waals surface area contributed by atoms with Crippen molar-refractivity contribution in [2.75, 3.05) is 19.7 Å². The smallest absolute Gasteiger partial charge is 0.121 e. The van der Waals surface area contributed by atoms with Crippen molar-refractivity contribution in [3.8, 4) is 5.75 Å². The zero-order valence-electron chi connectivity index (χ0n) is 10.1. The summed E-state index contributed by atoms with van der Waals surface area (Å²) in [6.45, 7) is 4.78. The zero-order valence-corrected chi connectivity index (χ0v) is 10.1. The van der Waals surface area contributed by atoms with E-state index in [1.807, 2.05) is 24.3 Å². The summed E-state index contributed by atoms with van der Waals surface area (Å²) in [7, 11) is 0. The standard InChI is InChI=1S/C14H18N2O/c1-2-7-15-9-10-17-13-6-5-12-4-3-8-16-14(12)11-13/h3-6,8,11,15H,2,7,9-10H2,1H3. The molecule has 0 spiro atoms. The van der Waals surface area contributed by atoms with Crippen LogP contribution in [0, 0.1) is 0 Å². The van der Waals surface area contributed by atoms with Gasteiger partial charge in [-0.15, -0.1) is 0 Å². The third-order valence-corrected chi connectivity index (χ3v) is 2.55. The van der Waals surface area contributed by atoms with E-state index in [0.29, 0.717) is 6.61 Å². The first-order valence-electron chi connectivity index (χ1n) is 6.08. The molecule has 90 valence electrons. The van der Waals surface area contributed by atoms with Crippen LogP contribution < -0.4 is 10.1 Å². The van der Waals surface area contributed by atoms with Crippen LogP contribution in [0.3, 0.4) is 0 Å². The Bertz CT molecular complexity index is 470. The Kier molecular flexibility index (Phi) is 4.33. The van der Waals surface area contributed by atoms with E-state index in [1.54, 1.807) is 6.20 Å². The minimum atomic E-state index is 0.693. The third-order valence-electron chi connectivity index (χ3n) is 2.55. The number of aromatic nitrogens is 1. The van der Waals surface area contributed by atoms with Gasteiger partial charge in [0.15, 0.2) is 0 Å². The van der Waals surface area contributed by atoms with Gasteiger partial charge in [0.1, 0.15) is 12.4 Å². The van der Waals surface area contributed by atoms with Crippen molar-refractivity contribution in [2.45, 2.75) is 13.3 Å². The molecule has 0 saturated carbocycles. The van der Waals surface area contributed by atoms with Crippen LogP contribution in [-0.2, 0) is 0 Å². The van der Waals surface area contributed by atoms with Gasteiger partial charge in [0, 0.05) is 24.2 Å². The second-order valence-corrected chi connectivity index (χ2v) is 3.96. The Hall–Kier alpha value is -1.61. The fraction of sp³-hybridized carbons (Fsp3) is 0.357. The monoisotopic (exact) mass is 230 g/mol. The molecule has 0 fully saturated rings. The Morgan fingerprint density at radius 1 is 1.24 bits per heavy atom. The van der Waals surface area contributed by atoms with Gasteiger partial charge in [-0.3, -0.25) is 4.98 Å². The summed E-state index contributed by atoms with van der Waals surface area (Å²) in [6, 6.07) is 10.0. The number of benzene rings is 1. The van der Waals surface area contributed by atoms with Crippen LogP contribution in [0.2, 0.25) is 0 Å². The minimum absolute atomic E-state index is 0.693. The maximum absolute atomic E-state index is 5.66. The number of hydrogen-bond acceptors (Lipinski definition) is 3. The molecule has 1 heterocycles. The molecular formula is C14H18N2O. The van der Waals surface area contributed by atoms with E-state index in [1.165, 1.54) is 0 Å². The normalized spacial score (nSPS) is 10.6. The van der Waals surface area contributed by atoms with Gasteiger partial charge in [0.05, 0.1) is 5.52 Å². The second-order valence-electron chi connectivity index (χ2n) is 3.96. The molecule has 0 aliphatic rings. The summed E-state index contributed by atoms with van der Waals surface area (Å²) in [4.78, 5) is 4.30. The minimum Gasteiger partial charge on any atom is -0.492 e. The molecule has 2 rings (SSSR count). The summed E-state index contributed by atoms with van der Waals surface area (Å²) in [6.07, 6.45) is 2.95. The van der Waals surface area contributed by atoms with E-state index in [0.717, 1.165) is 36.2 Å². The first kappa shape index (κ1) is 11.9. The maximum atomic E-state index is 5.66. The second kappa shape index (κ2) is 6.21. The predicted molar refractivity (Wildman–Crippen MR) is 70.4 cm³/mol. The quantitative estimate of drug-likeness (QED) is 0.775. The Morgan fingerprint density at radius 3 is 3.06 bits per heavy atom. The molecule has 1 aromatic heterocycles. The fourth-order valence-corrected chi connectivity index (χ4v) is 1.68. The van der Waals surface area contributed by atoms with Crippen molar-refractivity contribution in [1.29, 1.82) is 0 Å². The van der Waals surface area contributed by atoms with E-state index in [2.05, 4.69) is 23.3 Å². The highest BCUT2D eigenvalue weighted by Gasteiger charge is 1.97. The molecule has 0 amide bonds. The molecule has 1 N–H and O–H groups in total. The van der Waals surface area contributed by atoms with Gasteiger partial charge in [0.2, 0.25) is 0 Å². The summed E-state index contributed by atoms with van der Waals surface area (Å²) in [5, 5.41) is 4.44. The van der Waals surface area contributed by atoms with Crippen LogP contribution in [0.5, 0.6) is 5.75 Å². The van der Waals surface area contributed by atoms with E-state index >= 15 is 0 Å². The molecule has 0 radical (unpaired) electrons. The van der Waals surface area contributed by atoms with Crippen LogP contribution in [0.4, 0.5) is 0 Å². The predicted octanol–water partition coefficient (Wildman–Crippen LogP) is 2.61. The average molecular weight is 230 g/mol. The summed E-state index contributed by atoms with van der Waals surface area (Å²) in [5.41, 5.74) is 0.978. The molecule has 17 heavy (non-hydrogen) atoms. The zero-order chi connectivity index (χ0) is 11.9. The Labute approximate surface area is 102 Å². The van der Waals surface area contributed by atoms with Crippen molar-refractivity contribution in [3.63, 3.8) is 0 Å². The fourth-order valence-electron chi connectivity index (χ4n) is 1.68. The Morgan fingerprint density at radius 2 is 2.18 bits per heavy atom. The molecule has 3 nitrogen and oxygen atoms in total. The van der Waals surface area contributed by atoms with E-state index in [-0.39, 0.29) is 0 Å². The molecule has 3 heteroatoms. The molecule has 0 atom stereocenters. The third kappa shape index (κ3) is 3.43. The van der Waals surface area contributed by atoms with Crippen molar-refractivity contribution < 1.29 is 4.74 Å². The number of ether oxygens (including phenoxy) is 1. The molecule has 0 saturated heterocycles. The van der Waals surface area contributed by atoms with Gasteiger partial charge in [-0.25, -0.2) is 0 Å². The van der Waals surface area contributed by atoms with Gasteiger partial charge in [-0.2, -0.15) is 0 Å². The number of pyridine rings is 1.